The first-order valence-electron chi connectivity index (χ1n) is 10.1. The lowest BCUT2D eigenvalue weighted by Gasteiger charge is -2.36. The van der Waals surface area contributed by atoms with E-state index in [2.05, 4.69) is 4.90 Å². The highest BCUT2D eigenvalue weighted by molar-refractivity contribution is 5.99. The van der Waals surface area contributed by atoms with Gasteiger partial charge in [-0.15, -0.1) is 0 Å². The number of hydrogen-bond acceptors (Lipinski definition) is 6. The van der Waals surface area contributed by atoms with Crippen molar-refractivity contribution in [3.8, 4) is 11.5 Å². The van der Waals surface area contributed by atoms with Crippen molar-refractivity contribution in [2.24, 2.45) is 0 Å². The Hall–Kier alpha value is -3.74. The minimum atomic E-state index is -0.718. The molecule has 0 saturated carbocycles. The van der Waals surface area contributed by atoms with Gasteiger partial charge in [0.25, 0.3) is 5.91 Å². The summed E-state index contributed by atoms with van der Waals surface area (Å²) >= 11 is 0. The first-order chi connectivity index (χ1) is 15.1. The molecule has 0 aromatic heterocycles. The molecule has 0 bridgehead atoms. The monoisotopic (exact) mass is 420 g/mol. The van der Waals surface area contributed by atoms with E-state index >= 15 is 0 Å². The Labute approximate surface area is 180 Å². The Morgan fingerprint density at radius 2 is 1.58 bits per heavy atom. The van der Waals surface area contributed by atoms with E-state index in [-0.39, 0.29) is 23.8 Å². The summed E-state index contributed by atoms with van der Waals surface area (Å²) in [5.74, 6) is -0.342. The predicted molar refractivity (Wildman–Crippen MR) is 118 cm³/mol. The van der Waals surface area contributed by atoms with E-state index in [1.807, 2.05) is 48.5 Å². The third-order valence-electron chi connectivity index (χ3n) is 5.47. The molecule has 4 rings (SSSR count). The summed E-state index contributed by atoms with van der Waals surface area (Å²) < 4.78 is 10.6. The second-order valence-electron chi connectivity index (χ2n) is 7.33. The summed E-state index contributed by atoms with van der Waals surface area (Å²) in [6.45, 7) is 2.00. The summed E-state index contributed by atoms with van der Waals surface area (Å²) in [5.41, 5.74) is 1.04. The summed E-state index contributed by atoms with van der Waals surface area (Å²) in [6, 6.07) is 18.3. The van der Waals surface area contributed by atoms with E-state index in [4.69, 9.17) is 9.47 Å². The van der Waals surface area contributed by atoms with Gasteiger partial charge in [0, 0.05) is 26.2 Å². The number of piperazine rings is 1. The van der Waals surface area contributed by atoms with Crippen molar-refractivity contribution in [1.29, 1.82) is 0 Å². The average molecular weight is 420 g/mol. The fraction of sp³-hybridized carbons (Fsp3) is 0.250. The topological polar surface area (TPSA) is 79.3 Å². The third kappa shape index (κ3) is 4.40. The molecule has 0 atom stereocenters. The Morgan fingerprint density at radius 1 is 0.935 bits per heavy atom. The van der Waals surface area contributed by atoms with Crippen molar-refractivity contribution in [1.82, 2.24) is 4.90 Å². The van der Waals surface area contributed by atoms with Crippen LogP contribution in [0.25, 0.3) is 10.8 Å². The van der Waals surface area contributed by atoms with E-state index in [1.54, 1.807) is 18.1 Å². The lowest BCUT2D eigenvalue weighted by molar-refractivity contribution is -0.134. The molecule has 3 aromatic carbocycles. The number of rotatable bonds is 5. The van der Waals surface area contributed by atoms with Crippen LogP contribution in [0.5, 0.6) is 11.5 Å². The first kappa shape index (κ1) is 20.5. The van der Waals surface area contributed by atoms with Gasteiger partial charge in [0.15, 0.2) is 6.61 Å². The molecule has 7 heteroatoms. The van der Waals surface area contributed by atoms with Gasteiger partial charge < -0.3 is 24.4 Å². The quantitative estimate of drug-likeness (QED) is 0.639. The van der Waals surface area contributed by atoms with Crippen LogP contribution in [-0.2, 0) is 9.53 Å². The number of nitrogens with zero attached hydrogens (tertiary/aromatic N) is 2. The van der Waals surface area contributed by atoms with Gasteiger partial charge in [-0.3, -0.25) is 4.79 Å². The Balaban J connectivity index is 1.33. The summed E-state index contributed by atoms with van der Waals surface area (Å²) in [6.07, 6.45) is 0. The molecular formula is C24H24N2O5. The Morgan fingerprint density at radius 3 is 2.29 bits per heavy atom. The molecule has 0 unspecified atom stereocenters. The zero-order valence-electron chi connectivity index (χ0n) is 17.3. The highest BCUT2D eigenvalue weighted by Gasteiger charge is 2.24. The van der Waals surface area contributed by atoms with Crippen LogP contribution in [0.2, 0.25) is 0 Å². The van der Waals surface area contributed by atoms with Crippen molar-refractivity contribution in [2.75, 3.05) is 44.8 Å². The van der Waals surface area contributed by atoms with Crippen LogP contribution >= 0.6 is 0 Å². The fourth-order valence-electron chi connectivity index (χ4n) is 3.78. The minimum Gasteiger partial charge on any atom is -0.507 e. The number of phenols is 1. The number of ether oxygens (including phenoxy) is 2. The molecule has 1 N–H and O–H groups in total. The molecule has 160 valence electrons. The standard InChI is InChI=1S/C24H24N2O5/c1-30-22-9-5-4-8-20(22)25-10-12-26(13-11-25)23(28)16-31-24(29)19-14-17-6-2-3-7-18(17)15-21(19)27/h2-9,14-15,27H,10-13,16H2,1H3. The van der Waals surface area contributed by atoms with E-state index in [0.717, 1.165) is 22.2 Å². The summed E-state index contributed by atoms with van der Waals surface area (Å²) in [4.78, 5) is 28.8. The number of benzene rings is 3. The predicted octanol–water partition coefficient (Wildman–Crippen LogP) is 3.06. The van der Waals surface area contributed by atoms with Gasteiger partial charge in [0.05, 0.1) is 12.8 Å². The number of phenolic OH excluding ortho intramolecular Hbond substituents is 1. The van der Waals surface area contributed by atoms with Crippen LogP contribution in [-0.4, -0.2) is 61.8 Å². The Kier molecular flexibility index (Phi) is 5.93. The molecule has 31 heavy (non-hydrogen) atoms. The van der Waals surface area contributed by atoms with Gasteiger partial charge in [-0.2, -0.15) is 0 Å². The molecule has 1 fully saturated rings. The normalized spacial score (nSPS) is 13.8. The van der Waals surface area contributed by atoms with Crippen LogP contribution < -0.4 is 9.64 Å². The number of esters is 1. The van der Waals surface area contributed by atoms with Gasteiger partial charge in [-0.25, -0.2) is 4.79 Å². The van der Waals surface area contributed by atoms with E-state index in [0.29, 0.717) is 26.2 Å². The number of amides is 1. The number of para-hydroxylation sites is 2. The number of methoxy groups -OCH3 is 1. The maximum absolute atomic E-state index is 12.5. The van der Waals surface area contributed by atoms with Crippen molar-refractivity contribution in [2.45, 2.75) is 0 Å². The van der Waals surface area contributed by atoms with Gasteiger partial charge in [0.2, 0.25) is 0 Å². The number of anilines is 1. The minimum absolute atomic E-state index is 0.0486. The molecule has 7 nitrogen and oxygen atoms in total. The van der Waals surface area contributed by atoms with Crippen LogP contribution in [0.4, 0.5) is 5.69 Å². The lowest BCUT2D eigenvalue weighted by atomic mass is 10.1. The van der Waals surface area contributed by atoms with Gasteiger partial charge in [0.1, 0.15) is 17.1 Å². The fourth-order valence-corrected chi connectivity index (χ4v) is 3.78. The molecule has 1 aliphatic rings. The molecule has 0 radical (unpaired) electrons. The van der Waals surface area contributed by atoms with Crippen molar-refractivity contribution in [3.63, 3.8) is 0 Å². The molecule has 1 amide bonds. The molecule has 1 aliphatic heterocycles. The average Bonchev–Trinajstić information content (AvgIpc) is 2.82. The molecule has 0 aliphatic carbocycles. The highest BCUT2D eigenvalue weighted by Crippen LogP contribution is 2.28. The lowest BCUT2D eigenvalue weighted by Crippen LogP contribution is -2.50. The van der Waals surface area contributed by atoms with E-state index in [1.165, 1.54) is 6.07 Å². The number of fused-ring (bicyclic) bond motifs is 1. The highest BCUT2D eigenvalue weighted by atomic mass is 16.5. The largest absolute Gasteiger partial charge is 0.507 e. The molecule has 0 spiro atoms. The van der Waals surface area contributed by atoms with E-state index < -0.39 is 5.97 Å². The summed E-state index contributed by atoms with van der Waals surface area (Å²) in [7, 11) is 1.64. The van der Waals surface area contributed by atoms with Crippen LogP contribution in [0, 0.1) is 0 Å². The van der Waals surface area contributed by atoms with Crippen LogP contribution in [0.1, 0.15) is 10.4 Å². The number of aromatic hydroxyl groups is 1. The summed E-state index contributed by atoms with van der Waals surface area (Å²) in [5, 5.41) is 11.8. The molecule has 3 aromatic rings. The van der Waals surface area contributed by atoms with Crippen LogP contribution in [0.3, 0.4) is 0 Å². The third-order valence-corrected chi connectivity index (χ3v) is 5.47. The maximum Gasteiger partial charge on any atom is 0.342 e. The van der Waals surface area contributed by atoms with E-state index in [9.17, 15) is 14.7 Å². The van der Waals surface area contributed by atoms with Gasteiger partial charge in [-0.1, -0.05) is 36.4 Å². The smallest absolute Gasteiger partial charge is 0.342 e. The van der Waals surface area contributed by atoms with Crippen molar-refractivity contribution >= 4 is 28.3 Å². The number of carbonyl (C=O) groups excluding carboxylic acids is 2. The second-order valence-corrected chi connectivity index (χ2v) is 7.33. The SMILES string of the molecule is COc1ccccc1N1CCN(C(=O)COC(=O)c2cc3ccccc3cc2O)CC1. The maximum atomic E-state index is 12.5. The molecule has 1 saturated heterocycles. The second kappa shape index (κ2) is 8.95. The zero-order valence-corrected chi connectivity index (χ0v) is 17.3. The molecular weight excluding hydrogens is 396 g/mol. The van der Waals surface area contributed by atoms with Crippen molar-refractivity contribution < 1.29 is 24.2 Å². The number of carbonyl (C=O) groups is 2. The van der Waals surface area contributed by atoms with Gasteiger partial charge in [-0.05, 0) is 35.0 Å². The zero-order chi connectivity index (χ0) is 21.8. The van der Waals surface area contributed by atoms with Crippen LogP contribution in [0.15, 0.2) is 60.7 Å². The molecule has 1 heterocycles. The number of hydrogen-bond donors (Lipinski definition) is 1. The van der Waals surface area contributed by atoms with Crippen molar-refractivity contribution in [3.05, 3.63) is 66.2 Å². The Bertz CT molecular complexity index is 1110. The first-order valence-corrected chi connectivity index (χ1v) is 10.1. The van der Waals surface area contributed by atoms with Gasteiger partial charge >= 0.3 is 5.97 Å².